The lowest BCUT2D eigenvalue weighted by Gasteiger charge is -2.39. The molecule has 8 heteroatoms. The average Bonchev–Trinajstić information content (AvgIpc) is 2.97. The Labute approximate surface area is 202 Å². The number of carbonyl (C=O) groups excluding carboxylic acids is 3. The van der Waals surface area contributed by atoms with Crippen molar-refractivity contribution in [1.29, 1.82) is 0 Å². The number of rotatable bonds is 3. The lowest BCUT2D eigenvalue weighted by atomic mass is 10.0. The Bertz CT molecular complexity index is 1320. The second kappa shape index (κ2) is 8.87. The molecule has 2 aliphatic heterocycles. The average molecular weight is 473 g/mol. The van der Waals surface area contributed by atoms with Gasteiger partial charge in [-0.2, -0.15) is 0 Å². The van der Waals surface area contributed by atoms with E-state index in [1.807, 2.05) is 31.1 Å². The van der Waals surface area contributed by atoms with Crippen molar-refractivity contribution in [1.82, 2.24) is 9.80 Å². The number of carbonyl (C=O) groups is 3. The third kappa shape index (κ3) is 4.12. The molecular weight excluding hydrogens is 447 g/mol. The smallest absolute Gasteiger partial charge is 0.256 e. The van der Waals surface area contributed by atoms with E-state index in [1.54, 1.807) is 53.4 Å². The quantitative estimate of drug-likeness (QED) is 0.634. The van der Waals surface area contributed by atoms with Crippen molar-refractivity contribution < 1.29 is 18.8 Å². The molecule has 178 valence electrons. The summed E-state index contributed by atoms with van der Waals surface area (Å²) in [5, 5.41) is 2.83. The van der Waals surface area contributed by atoms with Crippen molar-refractivity contribution in [3.63, 3.8) is 0 Å². The largest absolute Gasteiger partial charge is 0.378 e. The number of amides is 3. The second-order valence-corrected chi connectivity index (χ2v) is 8.94. The second-order valence-electron chi connectivity index (χ2n) is 8.94. The van der Waals surface area contributed by atoms with E-state index in [4.69, 9.17) is 0 Å². The molecule has 0 spiro atoms. The topological polar surface area (TPSA) is 73.0 Å². The van der Waals surface area contributed by atoms with Crippen LogP contribution in [0.2, 0.25) is 0 Å². The molecular formula is C27H25FN4O3. The highest BCUT2D eigenvalue weighted by molar-refractivity contribution is 6.11. The van der Waals surface area contributed by atoms with Crippen LogP contribution in [0.25, 0.3) is 11.1 Å². The fourth-order valence-electron chi connectivity index (χ4n) is 4.58. The molecule has 3 amide bonds. The number of fused-ring (bicyclic) bond motifs is 2. The molecule has 35 heavy (non-hydrogen) atoms. The zero-order chi connectivity index (χ0) is 24.7. The first-order valence-corrected chi connectivity index (χ1v) is 11.4. The summed E-state index contributed by atoms with van der Waals surface area (Å²) in [5.41, 5.74) is 3.13. The first kappa shape index (κ1) is 22.6. The Morgan fingerprint density at radius 1 is 0.971 bits per heavy atom. The summed E-state index contributed by atoms with van der Waals surface area (Å²) in [6.07, 6.45) is 0. The number of halogens is 1. The molecule has 1 fully saturated rings. The van der Waals surface area contributed by atoms with E-state index in [9.17, 15) is 18.8 Å². The molecule has 3 aromatic carbocycles. The minimum atomic E-state index is -0.814. The highest BCUT2D eigenvalue weighted by Crippen LogP contribution is 2.31. The minimum absolute atomic E-state index is 0.0972. The minimum Gasteiger partial charge on any atom is -0.378 e. The van der Waals surface area contributed by atoms with E-state index in [-0.39, 0.29) is 36.6 Å². The van der Waals surface area contributed by atoms with Gasteiger partial charge in [0.15, 0.2) is 0 Å². The lowest BCUT2D eigenvalue weighted by molar-refractivity contribution is -0.121. The molecule has 3 aromatic rings. The maximum Gasteiger partial charge on any atom is 0.256 e. The van der Waals surface area contributed by atoms with Gasteiger partial charge in [0, 0.05) is 44.0 Å². The molecule has 0 aliphatic carbocycles. The number of hydrogen-bond donors (Lipinski definition) is 1. The molecule has 7 nitrogen and oxygen atoms in total. The summed E-state index contributed by atoms with van der Waals surface area (Å²) in [5.74, 6) is -1.24. The van der Waals surface area contributed by atoms with Crippen molar-refractivity contribution in [3.8, 4) is 11.1 Å². The molecule has 1 N–H and O–H groups in total. The molecule has 0 unspecified atom stereocenters. The molecule has 2 aliphatic rings. The van der Waals surface area contributed by atoms with Crippen LogP contribution in [0.3, 0.4) is 0 Å². The maximum atomic E-state index is 14.3. The predicted molar refractivity (Wildman–Crippen MR) is 132 cm³/mol. The number of piperazine rings is 1. The van der Waals surface area contributed by atoms with Gasteiger partial charge in [-0.25, -0.2) is 4.39 Å². The standard InChI is InChI=1S/C27H25FN4O3/c1-30(2)19-10-7-17(8-11-19)26(34)31-13-14-32-24(16-31)25(33)29-23-12-9-18(15-21(23)27(32)35)20-5-3-4-6-22(20)28/h3-12,15,24H,13-14,16H2,1-2H3,(H,29,33)/t24-/m1/s1. The summed E-state index contributed by atoms with van der Waals surface area (Å²) in [7, 11) is 3.85. The Hall–Kier alpha value is -4.20. The number of hydrogen-bond acceptors (Lipinski definition) is 4. The van der Waals surface area contributed by atoms with Gasteiger partial charge in [-0.05, 0) is 48.0 Å². The van der Waals surface area contributed by atoms with Gasteiger partial charge < -0.3 is 20.0 Å². The van der Waals surface area contributed by atoms with Gasteiger partial charge in [0.1, 0.15) is 11.9 Å². The summed E-state index contributed by atoms with van der Waals surface area (Å²) in [6, 6.07) is 17.7. The van der Waals surface area contributed by atoms with Gasteiger partial charge in [0.05, 0.1) is 17.8 Å². The Morgan fingerprint density at radius 2 is 1.71 bits per heavy atom. The monoisotopic (exact) mass is 472 g/mol. The van der Waals surface area contributed by atoms with Crippen LogP contribution in [0.4, 0.5) is 15.8 Å². The summed E-state index contributed by atoms with van der Waals surface area (Å²) in [6.45, 7) is 0.633. The van der Waals surface area contributed by atoms with Crippen LogP contribution < -0.4 is 10.2 Å². The Kier molecular flexibility index (Phi) is 5.72. The first-order valence-electron chi connectivity index (χ1n) is 11.4. The van der Waals surface area contributed by atoms with Crippen molar-refractivity contribution in [2.24, 2.45) is 0 Å². The third-order valence-electron chi connectivity index (χ3n) is 6.55. The Morgan fingerprint density at radius 3 is 2.43 bits per heavy atom. The fraction of sp³-hybridized carbons (Fsp3) is 0.222. The van der Waals surface area contributed by atoms with Crippen LogP contribution in [0.5, 0.6) is 0 Å². The first-order chi connectivity index (χ1) is 16.8. The van der Waals surface area contributed by atoms with Crippen molar-refractivity contribution in [2.75, 3.05) is 43.9 Å². The zero-order valence-corrected chi connectivity index (χ0v) is 19.5. The molecule has 0 saturated carbocycles. The van der Waals surface area contributed by atoms with Crippen molar-refractivity contribution in [2.45, 2.75) is 6.04 Å². The maximum absolute atomic E-state index is 14.3. The summed E-state index contributed by atoms with van der Waals surface area (Å²) < 4.78 is 14.3. The van der Waals surface area contributed by atoms with Crippen LogP contribution in [0.1, 0.15) is 20.7 Å². The molecule has 0 bridgehead atoms. The molecule has 5 rings (SSSR count). The summed E-state index contributed by atoms with van der Waals surface area (Å²) >= 11 is 0. The van der Waals surface area contributed by atoms with Crippen LogP contribution in [-0.2, 0) is 4.79 Å². The van der Waals surface area contributed by atoms with Crippen LogP contribution in [-0.4, -0.2) is 67.3 Å². The predicted octanol–water partition coefficient (Wildman–Crippen LogP) is 3.48. The summed E-state index contributed by atoms with van der Waals surface area (Å²) in [4.78, 5) is 44.7. The van der Waals surface area contributed by atoms with E-state index in [2.05, 4.69) is 5.32 Å². The molecule has 2 heterocycles. The third-order valence-corrected chi connectivity index (χ3v) is 6.55. The van der Waals surface area contributed by atoms with E-state index in [0.717, 1.165) is 5.69 Å². The number of anilines is 2. The van der Waals surface area contributed by atoms with Gasteiger partial charge in [-0.1, -0.05) is 24.3 Å². The van der Waals surface area contributed by atoms with E-state index in [0.29, 0.717) is 34.5 Å². The fourth-order valence-corrected chi connectivity index (χ4v) is 4.58. The van der Waals surface area contributed by atoms with Crippen LogP contribution in [0, 0.1) is 5.82 Å². The molecule has 0 aromatic heterocycles. The number of nitrogens with zero attached hydrogens (tertiary/aromatic N) is 3. The van der Waals surface area contributed by atoms with Crippen molar-refractivity contribution >= 4 is 29.1 Å². The van der Waals surface area contributed by atoms with E-state index >= 15 is 0 Å². The molecule has 0 radical (unpaired) electrons. The van der Waals surface area contributed by atoms with Crippen LogP contribution in [0.15, 0.2) is 66.7 Å². The lowest BCUT2D eigenvalue weighted by Crippen LogP contribution is -2.59. The SMILES string of the molecule is CN(C)c1ccc(C(=O)N2CCN3C(=O)c4cc(-c5ccccc5F)ccc4NC(=O)[C@H]3C2)cc1. The Balaban J connectivity index is 1.40. The molecule has 1 saturated heterocycles. The van der Waals surface area contributed by atoms with Gasteiger partial charge >= 0.3 is 0 Å². The van der Waals surface area contributed by atoms with E-state index < -0.39 is 6.04 Å². The number of nitrogens with one attached hydrogen (secondary N) is 1. The van der Waals surface area contributed by atoms with Crippen LogP contribution >= 0.6 is 0 Å². The highest BCUT2D eigenvalue weighted by atomic mass is 19.1. The van der Waals surface area contributed by atoms with Gasteiger partial charge in [-0.15, -0.1) is 0 Å². The van der Waals surface area contributed by atoms with Crippen molar-refractivity contribution in [3.05, 3.63) is 83.7 Å². The highest BCUT2D eigenvalue weighted by Gasteiger charge is 2.40. The van der Waals surface area contributed by atoms with Gasteiger partial charge in [0.25, 0.3) is 11.8 Å². The van der Waals surface area contributed by atoms with Gasteiger partial charge in [0.2, 0.25) is 5.91 Å². The normalized spacial score (nSPS) is 17.3. The molecule has 1 atom stereocenters. The number of benzene rings is 3. The van der Waals surface area contributed by atoms with E-state index in [1.165, 1.54) is 11.0 Å². The zero-order valence-electron chi connectivity index (χ0n) is 19.5. The van der Waals surface area contributed by atoms with Gasteiger partial charge in [-0.3, -0.25) is 14.4 Å².